The average molecular weight is 418 g/mol. The Hall–Kier alpha value is -3.80. The van der Waals surface area contributed by atoms with Gasteiger partial charge in [0, 0.05) is 5.56 Å². The minimum Gasteiger partial charge on any atom is -0.481 e. The SMILES string of the molecule is CC(C)c1ccc(C(=O)c2c(OCC(=O)OCc3ccccc3)ccc(N)c2N)cc1. The van der Waals surface area contributed by atoms with Crippen LogP contribution in [0.15, 0.2) is 66.7 Å². The van der Waals surface area contributed by atoms with E-state index in [1.807, 2.05) is 42.5 Å². The number of ether oxygens (including phenoxy) is 2. The first kappa shape index (κ1) is 21.9. The Labute approximate surface area is 181 Å². The molecule has 0 aliphatic rings. The van der Waals surface area contributed by atoms with Gasteiger partial charge in [-0.25, -0.2) is 4.79 Å². The molecule has 3 rings (SSSR count). The molecule has 0 fully saturated rings. The number of rotatable bonds is 8. The van der Waals surface area contributed by atoms with Gasteiger partial charge in [0.15, 0.2) is 12.4 Å². The summed E-state index contributed by atoms with van der Waals surface area (Å²) >= 11 is 0. The van der Waals surface area contributed by atoms with Crippen LogP contribution in [0.3, 0.4) is 0 Å². The molecule has 0 aromatic heterocycles. The Morgan fingerprint density at radius 2 is 1.58 bits per heavy atom. The highest BCUT2D eigenvalue weighted by atomic mass is 16.6. The predicted octanol–water partition coefficient (Wildman–Crippen LogP) is 4.33. The van der Waals surface area contributed by atoms with Gasteiger partial charge in [-0.15, -0.1) is 0 Å². The standard InChI is InChI=1S/C25H26N2O4/c1-16(2)18-8-10-19(11-9-18)25(29)23-21(13-12-20(26)24(23)27)30-15-22(28)31-14-17-6-4-3-5-7-17/h3-13,16H,14-15,26-27H2,1-2H3. The molecular formula is C25H26N2O4. The van der Waals surface area contributed by atoms with Crippen molar-refractivity contribution in [3.05, 3.63) is 89.0 Å². The lowest BCUT2D eigenvalue weighted by Gasteiger charge is -2.15. The van der Waals surface area contributed by atoms with Gasteiger partial charge in [-0.2, -0.15) is 0 Å². The van der Waals surface area contributed by atoms with Crippen LogP contribution in [0.4, 0.5) is 11.4 Å². The number of esters is 1. The van der Waals surface area contributed by atoms with E-state index in [1.54, 1.807) is 18.2 Å². The molecule has 4 N–H and O–H groups in total. The maximum Gasteiger partial charge on any atom is 0.344 e. The van der Waals surface area contributed by atoms with Gasteiger partial charge in [0.25, 0.3) is 0 Å². The van der Waals surface area contributed by atoms with Crippen LogP contribution in [-0.2, 0) is 16.1 Å². The highest BCUT2D eigenvalue weighted by molar-refractivity contribution is 6.15. The van der Waals surface area contributed by atoms with Crippen molar-refractivity contribution in [1.29, 1.82) is 0 Å². The van der Waals surface area contributed by atoms with Crippen molar-refractivity contribution >= 4 is 23.1 Å². The first-order valence-corrected chi connectivity index (χ1v) is 10.0. The average Bonchev–Trinajstić information content (AvgIpc) is 2.78. The molecule has 0 spiro atoms. The maximum absolute atomic E-state index is 13.1. The van der Waals surface area contributed by atoms with Crippen LogP contribution < -0.4 is 16.2 Å². The molecule has 0 atom stereocenters. The van der Waals surface area contributed by atoms with Crippen molar-refractivity contribution in [3.8, 4) is 5.75 Å². The molecule has 3 aromatic rings. The number of nitrogens with two attached hydrogens (primary N) is 2. The van der Waals surface area contributed by atoms with Crippen LogP contribution in [0, 0.1) is 0 Å². The smallest absolute Gasteiger partial charge is 0.344 e. The van der Waals surface area contributed by atoms with E-state index < -0.39 is 5.97 Å². The minimum atomic E-state index is -0.557. The van der Waals surface area contributed by atoms with E-state index in [-0.39, 0.29) is 41.7 Å². The van der Waals surface area contributed by atoms with Crippen molar-refractivity contribution in [2.45, 2.75) is 26.4 Å². The number of carbonyl (C=O) groups excluding carboxylic acids is 2. The number of hydrogen-bond acceptors (Lipinski definition) is 6. The molecule has 0 aliphatic carbocycles. The summed E-state index contributed by atoms with van der Waals surface area (Å²) in [5, 5.41) is 0. The molecule has 0 radical (unpaired) electrons. The van der Waals surface area contributed by atoms with Gasteiger partial charge in [0.05, 0.1) is 16.9 Å². The van der Waals surface area contributed by atoms with Crippen molar-refractivity contribution in [2.75, 3.05) is 18.1 Å². The summed E-state index contributed by atoms with van der Waals surface area (Å²) in [6, 6.07) is 19.7. The molecule has 6 nitrogen and oxygen atoms in total. The minimum absolute atomic E-state index is 0.119. The highest BCUT2D eigenvalue weighted by Crippen LogP contribution is 2.32. The van der Waals surface area contributed by atoms with Gasteiger partial charge >= 0.3 is 5.97 Å². The lowest BCUT2D eigenvalue weighted by molar-refractivity contribution is -0.147. The van der Waals surface area contributed by atoms with Gasteiger partial charge in [0.2, 0.25) is 0 Å². The Morgan fingerprint density at radius 1 is 0.903 bits per heavy atom. The van der Waals surface area contributed by atoms with Crippen molar-refractivity contribution in [1.82, 2.24) is 0 Å². The van der Waals surface area contributed by atoms with E-state index in [0.29, 0.717) is 11.5 Å². The zero-order chi connectivity index (χ0) is 22.4. The summed E-state index contributed by atoms with van der Waals surface area (Å²) in [5.41, 5.74) is 15.0. The van der Waals surface area contributed by atoms with E-state index in [4.69, 9.17) is 20.9 Å². The predicted molar refractivity (Wildman–Crippen MR) is 121 cm³/mol. The summed E-state index contributed by atoms with van der Waals surface area (Å²) in [4.78, 5) is 25.3. The largest absolute Gasteiger partial charge is 0.481 e. The summed E-state index contributed by atoms with van der Waals surface area (Å²) in [6.07, 6.45) is 0. The number of nitrogen functional groups attached to an aromatic ring is 2. The zero-order valence-electron chi connectivity index (χ0n) is 17.6. The third kappa shape index (κ3) is 5.42. The third-order valence-corrected chi connectivity index (χ3v) is 4.90. The second kappa shape index (κ2) is 9.80. The van der Waals surface area contributed by atoms with E-state index in [9.17, 15) is 9.59 Å². The van der Waals surface area contributed by atoms with E-state index in [0.717, 1.165) is 11.1 Å². The first-order valence-electron chi connectivity index (χ1n) is 10.0. The van der Waals surface area contributed by atoms with Gasteiger partial charge in [-0.3, -0.25) is 4.79 Å². The monoisotopic (exact) mass is 418 g/mol. The Bertz CT molecular complexity index is 1060. The van der Waals surface area contributed by atoms with Crippen molar-refractivity contribution in [2.24, 2.45) is 0 Å². The second-order valence-electron chi connectivity index (χ2n) is 7.48. The summed E-state index contributed by atoms with van der Waals surface area (Å²) in [6.45, 7) is 3.94. The van der Waals surface area contributed by atoms with Crippen molar-refractivity contribution < 1.29 is 19.1 Å². The molecule has 0 aliphatic heterocycles. The fraction of sp³-hybridized carbons (Fsp3) is 0.200. The van der Waals surface area contributed by atoms with Crippen LogP contribution in [0.5, 0.6) is 5.75 Å². The molecule has 6 heteroatoms. The van der Waals surface area contributed by atoms with E-state index >= 15 is 0 Å². The molecule has 0 saturated heterocycles. The molecular weight excluding hydrogens is 392 g/mol. The second-order valence-corrected chi connectivity index (χ2v) is 7.48. The van der Waals surface area contributed by atoms with E-state index in [1.165, 1.54) is 6.07 Å². The van der Waals surface area contributed by atoms with Gasteiger partial charge in [0.1, 0.15) is 12.4 Å². The van der Waals surface area contributed by atoms with E-state index in [2.05, 4.69) is 13.8 Å². The Balaban J connectivity index is 1.74. The van der Waals surface area contributed by atoms with Crippen LogP contribution in [0.1, 0.15) is 46.8 Å². The van der Waals surface area contributed by atoms with Crippen LogP contribution in [0.2, 0.25) is 0 Å². The Morgan fingerprint density at radius 3 is 2.23 bits per heavy atom. The molecule has 3 aromatic carbocycles. The van der Waals surface area contributed by atoms with Crippen LogP contribution in [-0.4, -0.2) is 18.4 Å². The van der Waals surface area contributed by atoms with Crippen LogP contribution >= 0.6 is 0 Å². The topological polar surface area (TPSA) is 105 Å². The number of ketones is 1. The number of carbonyl (C=O) groups is 2. The molecule has 0 heterocycles. The summed E-state index contributed by atoms with van der Waals surface area (Å²) in [5.74, 6) is -0.352. The summed E-state index contributed by atoms with van der Waals surface area (Å²) in [7, 11) is 0. The number of anilines is 2. The number of benzene rings is 3. The third-order valence-electron chi connectivity index (χ3n) is 4.90. The van der Waals surface area contributed by atoms with Gasteiger partial charge < -0.3 is 20.9 Å². The quantitative estimate of drug-likeness (QED) is 0.321. The Kier molecular flexibility index (Phi) is 6.92. The maximum atomic E-state index is 13.1. The van der Waals surface area contributed by atoms with Gasteiger partial charge in [-0.05, 0) is 29.2 Å². The molecule has 0 bridgehead atoms. The van der Waals surface area contributed by atoms with Gasteiger partial charge in [-0.1, -0.05) is 68.4 Å². The fourth-order valence-corrected chi connectivity index (χ4v) is 3.05. The molecule has 0 saturated carbocycles. The summed E-state index contributed by atoms with van der Waals surface area (Å²) < 4.78 is 10.8. The molecule has 0 amide bonds. The van der Waals surface area contributed by atoms with Crippen molar-refractivity contribution in [3.63, 3.8) is 0 Å². The zero-order valence-corrected chi connectivity index (χ0v) is 17.6. The number of hydrogen-bond donors (Lipinski definition) is 2. The molecule has 31 heavy (non-hydrogen) atoms. The first-order chi connectivity index (χ1) is 14.9. The lowest BCUT2D eigenvalue weighted by Crippen LogP contribution is -2.17. The fourth-order valence-electron chi connectivity index (χ4n) is 3.05. The van der Waals surface area contributed by atoms with Crippen LogP contribution in [0.25, 0.3) is 0 Å². The molecule has 0 unspecified atom stereocenters. The lowest BCUT2D eigenvalue weighted by atomic mass is 9.96. The highest BCUT2D eigenvalue weighted by Gasteiger charge is 2.21. The normalized spacial score (nSPS) is 10.7. The molecule has 160 valence electrons.